The third kappa shape index (κ3) is 1.57. The van der Waals surface area contributed by atoms with Gasteiger partial charge in [-0.25, -0.2) is 0 Å². The van der Waals surface area contributed by atoms with Crippen LogP contribution >= 0.6 is 0 Å². The normalized spacial score (nSPS) is 62.7. The number of carbonyl (C=O) groups excluding carboxylic acids is 1. The third-order valence-corrected chi connectivity index (χ3v) is 8.55. The van der Waals surface area contributed by atoms with Gasteiger partial charge in [0.2, 0.25) is 0 Å². The van der Waals surface area contributed by atoms with E-state index in [0.29, 0.717) is 48.1 Å². The van der Waals surface area contributed by atoms with E-state index in [2.05, 4.69) is 13.8 Å². The highest BCUT2D eigenvalue weighted by Gasteiger charge is 2.65. The second kappa shape index (κ2) is 4.16. The van der Waals surface area contributed by atoms with Crippen molar-refractivity contribution in [2.75, 3.05) is 0 Å². The Bertz CT molecular complexity index is 531. The van der Waals surface area contributed by atoms with Crippen LogP contribution in [0.3, 0.4) is 0 Å². The number of rotatable bonds is 0. The van der Waals surface area contributed by atoms with Crippen molar-refractivity contribution in [3.63, 3.8) is 0 Å². The molecule has 5 aliphatic rings. The smallest absolute Gasteiger partial charge is 0.139 e. The monoisotopic (exact) mass is 304 g/mol. The van der Waals surface area contributed by atoms with Crippen molar-refractivity contribution in [2.24, 2.45) is 34.5 Å². The van der Waals surface area contributed by atoms with Gasteiger partial charge >= 0.3 is 0 Å². The first-order chi connectivity index (χ1) is 10.4. The van der Waals surface area contributed by atoms with Crippen LogP contribution in [0, 0.1) is 34.5 Å². The van der Waals surface area contributed by atoms with E-state index in [4.69, 9.17) is 4.74 Å². The van der Waals surface area contributed by atoms with E-state index in [9.17, 15) is 9.90 Å². The van der Waals surface area contributed by atoms with Crippen molar-refractivity contribution in [3.05, 3.63) is 0 Å². The highest BCUT2D eigenvalue weighted by Crippen LogP contribution is 2.67. The van der Waals surface area contributed by atoms with Crippen LogP contribution in [-0.4, -0.2) is 29.2 Å². The van der Waals surface area contributed by atoms with Crippen molar-refractivity contribution in [1.29, 1.82) is 0 Å². The minimum absolute atomic E-state index is 0.229. The molecule has 9 atom stereocenters. The van der Waals surface area contributed by atoms with Crippen molar-refractivity contribution in [3.8, 4) is 0 Å². The molecule has 0 spiro atoms. The molecule has 4 saturated carbocycles. The minimum atomic E-state index is -0.295. The molecule has 0 aromatic rings. The molecule has 4 aliphatic carbocycles. The number of aliphatic hydroxyl groups excluding tert-OH is 1. The summed E-state index contributed by atoms with van der Waals surface area (Å²) in [6, 6.07) is 0. The van der Waals surface area contributed by atoms with Crippen LogP contribution in [0.25, 0.3) is 0 Å². The lowest BCUT2D eigenvalue weighted by molar-refractivity contribution is -0.166. The molecule has 1 heterocycles. The lowest BCUT2D eigenvalue weighted by Gasteiger charge is -2.60. The molecule has 0 bridgehead atoms. The minimum Gasteiger partial charge on any atom is -0.393 e. The quantitative estimate of drug-likeness (QED) is 0.700. The third-order valence-electron chi connectivity index (χ3n) is 8.55. The van der Waals surface area contributed by atoms with E-state index < -0.39 is 0 Å². The van der Waals surface area contributed by atoms with Crippen LogP contribution in [0.5, 0.6) is 0 Å². The van der Waals surface area contributed by atoms with Gasteiger partial charge in [0.1, 0.15) is 5.78 Å². The van der Waals surface area contributed by atoms with Gasteiger partial charge in [-0.1, -0.05) is 13.8 Å². The lowest BCUT2D eigenvalue weighted by atomic mass is 9.44. The van der Waals surface area contributed by atoms with Gasteiger partial charge in [0.25, 0.3) is 0 Å². The first-order valence-corrected chi connectivity index (χ1v) is 9.30. The largest absolute Gasteiger partial charge is 0.393 e. The molecule has 0 unspecified atom stereocenters. The van der Waals surface area contributed by atoms with E-state index in [0.717, 1.165) is 19.3 Å². The number of ether oxygens (including phenoxy) is 1. The summed E-state index contributed by atoms with van der Waals surface area (Å²) in [4.78, 5) is 12.4. The second-order valence-electron chi connectivity index (χ2n) is 9.38. The summed E-state index contributed by atoms with van der Waals surface area (Å²) in [5.74, 6) is 2.59. The Morgan fingerprint density at radius 1 is 1.14 bits per heavy atom. The molecule has 1 aliphatic heterocycles. The summed E-state index contributed by atoms with van der Waals surface area (Å²) < 4.78 is 5.84. The Labute approximate surface area is 132 Å². The summed E-state index contributed by atoms with van der Waals surface area (Å²) in [6.45, 7) is 4.57. The molecule has 0 aromatic carbocycles. The van der Waals surface area contributed by atoms with Crippen LogP contribution in [0.2, 0.25) is 0 Å². The fourth-order valence-electron chi connectivity index (χ4n) is 7.42. The average molecular weight is 304 g/mol. The van der Waals surface area contributed by atoms with E-state index >= 15 is 0 Å². The fourth-order valence-corrected chi connectivity index (χ4v) is 7.42. The zero-order valence-corrected chi connectivity index (χ0v) is 13.8. The van der Waals surface area contributed by atoms with Crippen molar-refractivity contribution >= 4 is 5.78 Å². The van der Waals surface area contributed by atoms with Gasteiger partial charge in [-0.05, 0) is 67.6 Å². The highest BCUT2D eigenvalue weighted by molar-refractivity contribution is 5.87. The summed E-state index contributed by atoms with van der Waals surface area (Å²) in [7, 11) is 0. The van der Waals surface area contributed by atoms with Gasteiger partial charge in [0.05, 0.1) is 18.3 Å². The van der Waals surface area contributed by atoms with Gasteiger partial charge in [0, 0.05) is 11.8 Å². The Morgan fingerprint density at radius 2 is 1.95 bits per heavy atom. The Hall–Kier alpha value is -0.410. The topological polar surface area (TPSA) is 49.8 Å². The van der Waals surface area contributed by atoms with Crippen LogP contribution in [-0.2, 0) is 9.53 Å². The van der Waals surface area contributed by atoms with Crippen LogP contribution < -0.4 is 0 Å². The summed E-state index contributed by atoms with van der Waals surface area (Å²) in [5.41, 5.74) is -0.00989. The number of Topliss-reactive ketones (excluding diaryl/α,β-unsaturated/α-hetero) is 1. The van der Waals surface area contributed by atoms with Crippen LogP contribution in [0.15, 0.2) is 0 Å². The Kier molecular flexibility index (Phi) is 2.64. The zero-order chi connectivity index (χ0) is 15.3. The summed E-state index contributed by atoms with van der Waals surface area (Å²) in [5, 5.41) is 11.0. The number of hydrogen-bond acceptors (Lipinski definition) is 3. The lowest BCUT2D eigenvalue weighted by Crippen LogP contribution is -2.59. The second-order valence-corrected chi connectivity index (χ2v) is 9.38. The predicted molar refractivity (Wildman–Crippen MR) is 82.2 cm³/mol. The van der Waals surface area contributed by atoms with Gasteiger partial charge in [-0.3, -0.25) is 4.79 Å². The predicted octanol–water partition coefficient (Wildman–Crippen LogP) is 2.95. The molecule has 3 nitrogen and oxygen atoms in total. The van der Waals surface area contributed by atoms with Gasteiger partial charge in [0.15, 0.2) is 0 Å². The number of aliphatic hydroxyl groups is 1. The molecule has 3 heteroatoms. The molecule has 5 fully saturated rings. The average Bonchev–Trinajstić information content (AvgIpc) is 3.12. The number of carbonyl (C=O) groups is 1. The molecule has 1 N–H and O–H groups in total. The van der Waals surface area contributed by atoms with E-state index in [-0.39, 0.29) is 16.9 Å². The van der Waals surface area contributed by atoms with Crippen molar-refractivity contribution in [2.45, 2.75) is 77.1 Å². The maximum absolute atomic E-state index is 12.4. The highest BCUT2D eigenvalue weighted by atomic mass is 16.6. The Morgan fingerprint density at radius 3 is 2.77 bits per heavy atom. The molecule has 0 radical (unpaired) electrons. The van der Waals surface area contributed by atoms with E-state index in [1.807, 2.05) is 0 Å². The number of ketones is 1. The van der Waals surface area contributed by atoms with E-state index in [1.165, 1.54) is 19.3 Å². The first-order valence-electron chi connectivity index (χ1n) is 9.30. The number of fused-ring (bicyclic) bond motifs is 6. The maximum atomic E-state index is 12.4. The van der Waals surface area contributed by atoms with Gasteiger partial charge < -0.3 is 9.84 Å². The maximum Gasteiger partial charge on any atom is 0.139 e. The molecule has 1 saturated heterocycles. The summed E-state index contributed by atoms with van der Waals surface area (Å²) in [6.07, 6.45) is 8.03. The fraction of sp³-hybridized carbons (Fsp3) is 0.947. The number of hydrogen-bond donors (Lipinski definition) is 1. The van der Waals surface area contributed by atoms with Crippen molar-refractivity contribution in [1.82, 2.24) is 0 Å². The molecular formula is C19H28O3. The van der Waals surface area contributed by atoms with E-state index in [1.54, 1.807) is 0 Å². The van der Waals surface area contributed by atoms with Crippen molar-refractivity contribution < 1.29 is 14.6 Å². The Balaban J connectivity index is 1.53. The summed E-state index contributed by atoms with van der Waals surface area (Å²) >= 11 is 0. The molecule has 5 rings (SSSR count). The number of epoxide rings is 1. The van der Waals surface area contributed by atoms with Crippen LogP contribution in [0.4, 0.5) is 0 Å². The molecular weight excluding hydrogens is 276 g/mol. The van der Waals surface area contributed by atoms with Gasteiger partial charge in [-0.15, -0.1) is 0 Å². The molecule has 22 heavy (non-hydrogen) atoms. The molecule has 0 amide bonds. The van der Waals surface area contributed by atoms with Crippen LogP contribution in [0.1, 0.15) is 58.8 Å². The molecule has 0 aromatic heterocycles. The van der Waals surface area contributed by atoms with Gasteiger partial charge in [-0.2, -0.15) is 0 Å². The standard InChI is InChI=1S/C19H28O3/c1-18-9-15-14(22-15)7-10(18)3-4-11-12-5-6-16(21)19(12,2)8-13(20)17(11)18/h10-15,17,20H,3-9H2,1-2H3/t10-,11-,12-,13-,14-,15+,17+,18-,19-/m0/s1. The molecule has 122 valence electrons. The first kappa shape index (κ1) is 14.0. The SMILES string of the molecule is C[C@]12C[C@H]3O[C@H]3C[C@@H]1CC[C@@H]1[C@@H]2[C@@H](O)C[C@]2(C)C(=O)CC[C@@H]12. The zero-order valence-electron chi connectivity index (χ0n) is 13.8.